The number of aromatic amines is 1. The molecule has 0 bridgehead atoms. The van der Waals surface area contributed by atoms with Crippen LogP contribution in [0.5, 0.6) is 0 Å². The van der Waals surface area contributed by atoms with Gasteiger partial charge in [-0.3, -0.25) is 4.79 Å². The highest BCUT2D eigenvalue weighted by Crippen LogP contribution is 2.08. The quantitative estimate of drug-likeness (QED) is 0.856. The number of carbonyl (C=O) groups excluding carboxylic acids is 1. The molecule has 4 nitrogen and oxygen atoms in total. The van der Waals surface area contributed by atoms with E-state index in [2.05, 4.69) is 9.97 Å². The van der Waals surface area contributed by atoms with Crippen molar-refractivity contribution in [3.05, 3.63) is 59.9 Å². The number of nitrogens with one attached hydrogen (secondary N) is 1. The van der Waals surface area contributed by atoms with E-state index in [9.17, 15) is 9.18 Å². The maximum absolute atomic E-state index is 13.4. The van der Waals surface area contributed by atoms with Gasteiger partial charge in [-0.25, -0.2) is 9.37 Å². The zero-order valence-electron chi connectivity index (χ0n) is 10.5. The molecule has 1 N–H and O–H groups in total. The van der Waals surface area contributed by atoms with Gasteiger partial charge in [-0.2, -0.15) is 0 Å². The molecule has 5 heteroatoms. The number of benzene rings is 1. The van der Waals surface area contributed by atoms with E-state index in [1.54, 1.807) is 37.6 Å². The topological polar surface area (TPSA) is 49.0 Å². The Labute approximate surface area is 110 Å². The number of hydrogen-bond donors (Lipinski definition) is 1. The zero-order chi connectivity index (χ0) is 13.7. The molecule has 0 spiro atoms. The van der Waals surface area contributed by atoms with Crippen molar-refractivity contribution in [2.45, 2.75) is 6.54 Å². The summed E-state index contributed by atoms with van der Waals surface area (Å²) in [5.74, 6) is 0.148. The molecular formula is C14H14FN3O. The van der Waals surface area contributed by atoms with Crippen LogP contribution in [0.1, 0.15) is 11.4 Å². The standard InChI is InChI=1S/C14H14FN3O/c1-18(10-13-16-8-9-17-13)14(19)7-6-11-4-2-3-5-12(11)15/h2-9H,10H2,1H3,(H,16,17). The number of carbonyl (C=O) groups is 1. The lowest BCUT2D eigenvalue weighted by molar-refractivity contribution is -0.125. The van der Waals surface area contributed by atoms with Crippen molar-refractivity contribution in [1.82, 2.24) is 14.9 Å². The maximum Gasteiger partial charge on any atom is 0.246 e. The number of halogens is 1. The van der Waals surface area contributed by atoms with Crippen molar-refractivity contribution in [2.24, 2.45) is 0 Å². The molecule has 0 fully saturated rings. The molecule has 19 heavy (non-hydrogen) atoms. The van der Waals surface area contributed by atoms with Crippen LogP contribution in [0, 0.1) is 5.82 Å². The summed E-state index contributed by atoms with van der Waals surface area (Å²) in [5.41, 5.74) is 0.391. The van der Waals surface area contributed by atoms with E-state index >= 15 is 0 Å². The van der Waals surface area contributed by atoms with Gasteiger partial charge in [0.25, 0.3) is 0 Å². The van der Waals surface area contributed by atoms with E-state index in [0.29, 0.717) is 17.9 Å². The van der Waals surface area contributed by atoms with Crippen molar-refractivity contribution in [1.29, 1.82) is 0 Å². The van der Waals surface area contributed by atoms with Crippen LogP contribution in [-0.4, -0.2) is 27.8 Å². The summed E-state index contributed by atoms with van der Waals surface area (Å²) >= 11 is 0. The molecule has 1 amide bonds. The lowest BCUT2D eigenvalue weighted by Gasteiger charge is -2.12. The Morgan fingerprint density at radius 3 is 2.95 bits per heavy atom. The predicted octanol–water partition coefficient (Wildman–Crippen LogP) is 2.22. The van der Waals surface area contributed by atoms with E-state index in [1.807, 2.05) is 0 Å². The summed E-state index contributed by atoms with van der Waals surface area (Å²) in [6, 6.07) is 6.31. The van der Waals surface area contributed by atoms with Crippen LogP contribution in [0.3, 0.4) is 0 Å². The Kier molecular flexibility index (Phi) is 4.07. The Bertz CT molecular complexity index is 578. The Hall–Kier alpha value is -2.43. The molecule has 98 valence electrons. The Morgan fingerprint density at radius 1 is 1.47 bits per heavy atom. The molecule has 2 aromatic rings. The largest absolute Gasteiger partial charge is 0.347 e. The zero-order valence-corrected chi connectivity index (χ0v) is 10.5. The smallest absolute Gasteiger partial charge is 0.246 e. The molecular weight excluding hydrogens is 245 g/mol. The third kappa shape index (κ3) is 3.51. The first-order valence-electron chi connectivity index (χ1n) is 5.83. The van der Waals surface area contributed by atoms with Gasteiger partial charge in [-0.15, -0.1) is 0 Å². The summed E-state index contributed by atoms with van der Waals surface area (Å²) in [7, 11) is 1.66. The average molecular weight is 259 g/mol. The fraction of sp³-hybridized carbons (Fsp3) is 0.143. The molecule has 0 aliphatic heterocycles. The van der Waals surface area contributed by atoms with Gasteiger partial charge in [0.15, 0.2) is 0 Å². The fourth-order valence-corrected chi connectivity index (χ4v) is 1.59. The van der Waals surface area contributed by atoms with Crippen molar-refractivity contribution in [2.75, 3.05) is 7.05 Å². The van der Waals surface area contributed by atoms with Crippen molar-refractivity contribution >= 4 is 12.0 Å². The van der Waals surface area contributed by atoms with Crippen molar-refractivity contribution in [3.8, 4) is 0 Å². The second-order valence-corrected chi connectivity index (χ2v) is 4.09. The van der Waals surface area contributed by atoms with Gasteiger partial charge in [0, 0.05) is 31.1 Å². The van der Waals surface area contributed by atoms with Crippen molar-refractivity contribution < 1.29 is 9.18 Å². The SMILES string of the molecule is CN(Cc1ncc[nH]1)C(=O)C=Cc1ccccc1F. The molecule has 0 aliphatic carbocycles. The van der Waals surface area contributed by atoms with E-state index in [-0.39, 0.29) is 11.7 Å². The number of aromatic nitrogens is 2. The summed E-state index contributed by atoms with van der Waals surface area (Å²) in [6.07, 6.45) is 6.14. The highest BCUT2D eigenvalue weighted by atomic mass is 19.1. The van der Waals surface area contributed by atoms with Gasteiger partial charge in [-0.1, -0.05) is 18.2 Å². The van der Waals surface area contributed by atoms with Crippen molar-refractivity contribution in [3.63, 3.8) is 0 Å². The molecule has 1 heterocycles. The van der Waals surface area contributed by atoms with Crippen LogP contribution in [0.4, 0.5) is 4.39 Å². The number of amides is 1. The lowest BCUT2D eigenvalue weighted by Crippen LogP contribution is -2.24. The minimum absolute atomic E-state index is 0.209. The number of nitrogens with zero attached hydrogens (tertiary/aromatic N) is 2. The van der Waals surface area contributed by atoms with E-state index in [1.165, 1.54) is 23.1 Å². The molecule has 0 atom stereocenters. The summed E-state index contributed by atoms with van der Waals surface area (Å²) < 4.78 is 13.4. The van der Waals surface area contributed by atoms with Crippen LogP contribution in [-0.2, 0) is 11.3 Å². The summed E-state index contributed by atoms with van der Waals surface area (Å²) in [4.78, 5) is 20.3. The molecule has 0 saturated carbocycles. The number of likely N-dealkylation sites (N-methyl/N-ethyl adjacent to an activating group) is 1. The highest BCUT2D eigenvalue weighted by molar-refractivity contribution is 5.91. The maximum atomic E-state index is 13.4. The lowest BCUT2D eigenvalue weighted by atomic mass is 10.2. The summed E-state index contributed by atoms with van der Waals surface area (Å²) in [5, 5.41) is 0. The molecule has 2 rings (SSSR count). The molecule has 0 aliphatic rings. The highest BCUT2D eigenvalue weighted by Gasteiger charge is 2.07. The van der Waals surface area contributed by atoms with Crippen LogP contribution in [0.15, 0.2) is 42.7 Å². The predicted molar refractivity (Wildman–Crippen MR) is 70.5 cm³/mol. The number of imidazole rings is 1. The van der Waals surface area contributed by atoms with Crippen LogP contribution in [0.2, 0.25) is 0 Å². The summed E-state index contributed by atoms with van der Waals surface area (Å²) in [6.45, 7) is 0.382. The molecule has 1 aromatic heterocycles. The molecule has 0 radical (unpaired) electrons. The molecule has 0 unspecified atom stereocenters. The second kappa shape index (κ2) is 5.95. The normalized spacial score (nSPS) is 10.8. The fourth-order valence-electron chi connectivity index (χ4n) is 1.59. The Balaban J connectivity index is 1.99. The first kappa shape index (κ1) is 13.0. The minimum atomic E-state index is -0.347. The Morgan fingerprint density at radius 2 is 2.26 bits per heavy atom. The van der Waals surface area contributed by atoms with Gasteiger partial charge in [0.2, 0.25) is 5.91 Å². The van der Waals surface area contributed by atoms with Gasteiger partial charge in [0.1, 0.15) is 11.6 Å². The van der Waals surface area contributed by atoms with E-state index in [4.69, 9.17) is 0 Å². The van der Waals surface area contributed by atoms with Gasteiger partial charge in [0.05, 0.1) is 6.54 Å². The van der Waals surface area contributed by atoms with Crippen LogP contribution < -0.4 is 0 Å². The number of hydrogen-bond acceptors (Lipinski definition) is 2. The van der Waals surface area contributed by atoms with Gasteiger partial charge in [-0.05, 0) is 12.1 Å². The molecule has 1 aromatic carbocycles. The third-order valence-electron chi connectivity index (χ3n) is 2.63. The minimum Gasteiger partial charge on any atom is -0.347 e. The first-order valence-corrected chi connectivity index (χ1v) is 5.83. The van der Waals surface area contributed by atoms with Gasteiger partial charge >= 0.3 is 0 Å². The van der Waals surface area contributed by atoms with Crippen LogP contribution in [0.25, 0.3) is 6.08 Å². The first-order chi connectivity index (χ1) is 9.16. The second-order valence-electron chi connectivity index (χ2n) is 4.09. The average Bonchev–Trinajstić information content (AvgIpc) is 2.90. The molecule has 0 saturated heterocycles. The third-order valence-corrected chi connectivity index (χ3v) is 2.63. The van der Waals surface area contributed by atoms with E-state index < -0.39 is 0 Å². The van der Waals surface area contributed by atoms with Gasteiger partial charge < -0.3 is 9.88 Å². The number of H-pyrrole nitrogens is 1. The monoisotopic (exact) mass is 259 g/mol. The van der Waals surface area contributed by atoms with Crippen LogP contribution >= 0.6 is 0 Å². The number of rotatable bonds is 4. The van der Waals surface area contributed by atoms with E-state index in [0.717, 1.165) is 0 Å².